The summed E-state index contributed by atoms with van der Waals surface area (Å²) in [6, 6.07) is 9.31. The molecule has 1 aliphatic carbocycles. The van der Waals surface area contributed by atoms with Gasteiger partial charge in [-0.3, -0.25) is 10.1 Å². The largest absolute Gasteiger partial charge is 0.508 e. The predicted octanol–water partition coefficient (Wildman–Crippen LogP) is 3.83. The average Bonchev–Trinajstić information content (AvgIpc) is 3.04. The summed E-state index contributed by atoms with van der Waals surface area (Å²) in [5.41, 5.74) is 2.55. The Labute approximate surface area is 138 Å². The second-order valence-corrected chi connectivity index (χ2v) is 6.25. The number of anilines is 1. The van der Waals surface area contributed by atoms with Gasteiger partial charge in [0.2, 0.25) is 0 Å². The molecule has 0 amide bonds. The molecule has 3 N–H and O–H groups in total. The lowest BCUT2D eigenvalue weighted by Crippen LogP contribution is -2.29. The SMILES string of the molecule is O=[N+]([O-])c1ccc2c(c1)C1C=CCC1C(c1ccc(O)cc1O)N2. The molecule has 0 aromatic heterocycles. The van der Waals surface area contributed by atoms with Crippen LogP contribution in [-0.4, -0.2) is 15.1 Å². The van der Waals surface area contributed by atoms with Crippen molar-refractivity contribution in [1.82, 2.24) is 0 Å². The topological polar surface area (TPSA) is 95.6 Å². The Morgan fingerprint density at radius 1 is 1.12 bits per heavy atom. The summed E-state index contributed by atoms with van der Waals surface area (Å²) in [6.45, 7) is 0. The Morgan fingerprint density at radius 3 is 2.71 bits per heavy atom. The van der Waals surface area contributed by atoms with E-state index in [4.69, 9.17) is 0 Å². The highest BCUT2D eigenvalue weighted by Gasteiger charge is 2.39. The van der Waals surface area contributed by atoms with Crippen molar-refractivity contribution >= 4 is 11.4 Å². The molecule has 6 heteroatoms. The van der Waals surface area contributed by atoms with Crippen molar-refractivity contribution in [3.8, 4) is 11.5 Å². The number of hydrogen-bond acceptors (Lipinski definition) is 5. The van der Waals surface area contributed by atoms with E-state index in [9.17, 15) is 20.3 Å². The van der Waals surface area contributed by atoms with Gasteiger partial charge in [0.1, 0.15) is 11.5 Å². The quantitative estimate of drug-likeness (QED) is 0.443. The number of benzene rings is 2. The molecule has 2 aromatic carbocycles. The van der Waals surface area contributed by atoms with Gasteiger partial charge >= 0.3 is 0 Å². The Kier molecular flexibility index (Phi) is 3.19. The highest BCUT2D eigenvalue weighted by molar-refractivity contribution is 5.63. The monoisotopic (exact) mass is 324 g/mol. The Morgan fingerprint density at radius 2 is 1.96 bits per heavy atom. The maximum Gasteiger partial charge on any atom is 0.269 e. The maximum atomic E-state index is 11.1. The smallest absolute Gasteiger partial charge is 0.269 e. The summed E-state index contributed by atoms with van der Waals surface area (Å²) >= 11 is 0. The van der Waals surface area contributed by atoms with Crippen molar-refractivity contribution in [2.75, 3.05) is 5.32 Å². The zero-order valence-corrected chi connectivity index (χ0v) is 12.7. The number of nitrogens with one attached hydrogen (secondary N) is 1. The summed E-state index contributed by atoms with van der Waals surface area (Å²) in [6.07, 6.45) is 4.98. The van der Waals surface area contributed by atoms with Crippen LogP contribution in [0.1, 0.15) is 29.5 Å². The third-order valence-electron chi connectivity index (χ3n) is 4.91. The van der Waals surface area contributed by atoms with Crippen LogP contribution in [-0.2, 0) is 0 Å². The highest BCUT2D eigenvalue weighted by atomic mass is 16.6. The first kappa shape index (κ1) is 14.6. The minimum absolute atomic E-state index is 0.0178. The van der Waals surface area contributed by atoms with E-state index >= 15 is 0 Å². The lowest BCUT2D eigenvalue weighted by molar-refractivity contribution is -0.384. The molecular weight excluding hydrogens is 308 g/mol. The molecular formula is C18H16N2O4. The van der Waals surface area contributed by atoms with Crippen molar-refractivity contribution in [2.45, 2.75) is 18.4 Å². The van der Waals surface area contributed by atoms with E-state index in [0.717, 1.165) is 23.2 Å². The van der Waals surface area contributed by atoms with Crippen LogP contribution in [0.4, 0.5) is 11.4 Å². The summed E-state index contributed by atoms with van der Waals surface area (Å²) in [7, 11) is 0. The van der Waals surface area contributed by atoms with Crippen LogP contribution in [0.2, 0.25) is 0 Å². The lowest BCUT2D eigenvalue weighted by atomic mass is 9.76. The van der Waals surface area contributed by atoms with Crippen LogP contribution >= 0.6 is 0 Å². The Balaban J connectivity index is 1.79. The zero-order valence-electron chi connectivity index (χ0n) is 12.7. The van der Waals surface area contributed by atoms with Crippen LogP contribution in [0, 0.1) is 16.0 Å². The number of phenols is 2. The van der Waals surface area contributed by atoms with Crippen molar-refractivity contribution in [1.29, 1.82) is 0 Å². The molecule has 6 nitrogen and oxygen atoms in total. The van der Waals surface area contributed by atoms with Crippen LogP contribution < -0.4 is 5.32 Å². The molecule has 24 heavy (non-hydrogen) atoms. The second kappa shape index (κ2) is 5.26. The summed E-state index contributed by atoms with van der Waals surface area (Å²) in [5.74, 6) is 0.294. The van der Waals surface area contributed by atoms with E-state index in [1.165, 1.54) is 12.1 Å². The molecule has 3 atom stereocenters. The van der Waals surface area contributed by atoms with Crippen molar-refractivity contribution < 1.29 is 15.1 Å². The summed E-state index contributed by atoms with van der Waals surface area (Å²) in [4.78, 5) is 10.7. The molecule has 0 radical (unpaired) electrons. The predicted molar refractivity (Wildman–Crippen MR) is 89.2 cm³/mol. The third kappa shape index (κ3) is 2.19. The fraction of sp³-hybridized carbons (Fsp3) is 0.222. The van der Waals surface area contributed by atoms with Crippen molar-refractivity contribution in [2.24, 2.45) is 5.92 Å². The van der Waals surface area contributed by atoms with Gasteiger partial charge in [0.05, 0.1) is 11.0 Å². The van der Waals surface area contributed by atoms with Crippen LogP contribution in [0.15, 0.2) is 48.6 Å². The molecule has 2 aromatic rings. The molecule has 0 bridgehead atoms. The van der Waals surface area contributed by atoms with Gasteiger partial charge in [-0.2, -0.15) is 0 Å². The second-order valence-electron chi connectivity index (χ2n) is 6.25. The van der Waals surface area contributed by atoms with Crippen LogP contribution in [0.3, 0.4) is 0 Å². The van der Waals surface area contributed by atoms with Gasteiger partial charge < -0.3 is 15.5 Å². The minimum atomic E-state index is -0.383. The van der Waals surface area contributed by atoms with E-state index < -0.39 is 0 Å². The van der Waals surface area contributed by atoms with E-state index in [1.807, 2.05) is 0 Å². The first-order chi connectivity index (χ1) is 11.5. The molecule has 2 aliphatic rings. The molecule has 1 aliphatic heterocycles. The number of aromatic hydroxyl groups is 2. The molecule has 1 heterocycles. The van der Waals surface area contributed by atoms with Crippen LogP contribution in [0.25, 0.3) is 0 Å². The van der Waals surface area contributed by atoms with Gasteiger partial charge in [-0.15, -0.1) is 0 Å². The van der Waals surface area contributed by atoms with E-state index in [2.05, 4.69) is 17.5 Å². The Hall–Kier alpha value is -3.02. The summed E-state index contributed by atoms with van der Waals surface area (Å²) in [5, 5.41) is 34.2. The normalized spacial score (nSPS) is 24.1. The van der Waals surface area contributed by atoms with Gasteiger partial charge in [-0.25, -0.2) is 0 Å². The first-order valence-electron chi connectivity index (χ1n) is 7.78. The summed E-state index contributed by atoms with van der Waals surface area (Å²) < 4.78 is 0. The lowest BCUT2D eigenvalue weighted by Gasteiger charge is -2.37. The number of non-ortho nitro benzene ring substituents is 1. The minimum Gasteiger partial charge on any atom is -0.508 e. The third-order valence-corrected chi connectivity index (χ3v) is 4.91. The van der Waals surface area contributed by atoms with Gasteiger partial charge in [0.25, 0.3) is 5.69 Å². The van der Waals surface area contributed by atoms with E-state index in [0.29, 0.717) is 0 Å². The van der Waals surface area contributed by atoms with Crippen molar-refractivity contribution in [3.05, 3.63) is 69.8 Å². The van der Waals surface area contributed by atoms with E-state index in [1.54, 1.807) is 24.3 Å². The zero-order chi connectivity index (χ0) is 16.8. The average molecular weight is 324 g/mol. The van der Waals surface area contributed by atoms with Crippen LogP contribution in [0.5, 0.6) is 11.5 Å². The highest BCUT2D eigenvalue weighted by Crippen LogP contribution is 2.51. The van der Waals surface area contributed by atoms with Gasteiger partial charge in [0, 0.05) is 35.4 Å². The van der Waals surface area contributed by atoms with Gasteiger partial charge in [0.15, 0.2) is 0 Å². The maximum absolute atomic E-state index is 11.1. The molecule has 0 spiro atoms. The fourth-order valence-electron chi connectivity index (χ4n) is 3.80. The molecule has 3 unspecified atom stereocenters. The van der Waals surface area contributed by atoms with Gasteiger partial charge in [-0.05, 0) is 36.1 Å². The Bertz CT molecular complexity index is 862. The molecule has 4 rings (SSSR count). The number of fused-ring (bicyclic) bond motifs is 3. The number of rotatable bonds is 2. The number of nitrogens with zero attached hydrogens (tertiary/aromatic N) is 1. The van der Waals surface area contributed by atoms with Crippen molar-refractivity contribution in [3.63, 3.8) is 0 Å². The number of hydrogen-bond donors (Lipinski definition) is 3. The fourth-order valence-corrected chi connectivity index (χ4v) is 3.80. The van der Waals surface area contributed by atoms with E-state index in [-0.39, 0.29) is 40.0 Å². The number of allylic oxidation sites excluding steroid dienone is 2. The molecule has 0 fully saturated rings. The molecule has 0 saturated heterocycles. The first-order valence-corrected chi connectivity index (χ1v) is 7.78. The number of nitro benzene ring substituents is 1. The standard InChI is InChI=1S/C18H16N2O4/c21-11-5-6-14(17(22)9-11)18-13-3-1-2-12(13)15-8-10(20(23)24)4-7-16(15)19-18/h1-2,4-9,12-13,18-19,21-22H,3H2. The molecule has 0 saturated carbocycles. The van der Waals surface area contributed by atoms with Gasteiger partial charge in [-0.1, -0.05) is 12.2 Å². The number of nitro groups is 1. The molecule has 122 valence electrons. The number of phenolic OH excluding ortho intramolecular Hbond substituents is 2.